The Bertz CT molecular complexity index is 859. The zero-order valence-electron chi connectivity index (χ0n) is 15.1. The van der Waals surface area contributed by atoms with Gasteiger partial charge in [0.2, 0.25) is 0 Å². The van der Waals surface area contributed by atoms with E-state index in [1.54, 1.807) is 66.5 Å². The van der Waals surface area contributed by atoms with Gasteiger partial charge in [0.1, 0.15) is 5.75 Å². The number of rotatable bonds is 5. The molecule has 0 radical (unpaired) electrons. The third-order valence-corrected chi connectivity index (χ3v) is 5.28. The molecule has 0 fully saturated rings. The van der Waals surface area contributed by atoms with Crippen molar-refractivity contribution in [3.63, 3.8) is 0 Å². The Hall–Kier alpha value is -2.38. The highest BCUT2D eigenvalue weighted by Gasteiger charge is 2.30. The number of hydrogen-bond acceptors (Lipinski definition) is 5. The standard InChI is InChI=1S/C19H19ClN2O4S/c1-4-25-18(23)12(2)26-15-9-10-17-16(11-15)21(3)19(24)22(27-17)14-7-5-13(20)6-8-14/h5-12H,4H2,1-3H3. The molecule has 0 aromatic heterocycles. The van der Waals surface area contributed by atoms with Gasteiger partial charge in [-0.15, -0.1) is 0 Å². The fourth-order valence-electron chi connectivity index (χ4n) is 2.54. The number of amides is 2. The summed E-state index contributed by atoms with van der Waals surface area (Å²) in [7, 11) is 1.70. The van der Waals surface area contributed by atoms with Crippen LogP contribution in [0.4, 0.5) is 16.2 Å². The molecule has 1 heterocycles. The van der Waals surface area contributed by atoms with Gasteiger partial charge in [0.15, 0.2) is 6.10 Å². The van der Waals surface area contributed by atoms with Crippen molar-refractivity contribution in [1.29, 1.82) is 0 Å². The highest BCUT2D eigenvalue weighted by molar-refractivity contribution is 8.01. The minimum atomic E-state index is -0.731. The van der Waals surface area contributed by atoms with Crippen molar-refractivity contribution in [3.05, 3.63) is 47.5 Å². The topological polar surface area (TPSA) is 59.1 Å². The van der Waals surface area contributed by atoms with E-state index < -0.39 is 12.1 Å². The largest absolute Gasteiger partial charge is 0.479 e. The van der Waals surface area contributed by atoms with E-state index >= 15 is 0 Å². The molecule has 6 nitrogen and oxygen atoms in total. The normalized spacial score (nSPS) is 14.6. The Labute approximate surface area is 167 Å². The van der Waals surface area contributed by atoms with Crippen LogP contribution in [0.2, 0.25) is 5.02 Å². The zero-order valence-corrected chi connectivity index (χ0v) is 16.7. The van der Waals surface area contributed by atoms with Crippen LogP contribution < -0.4 is 13.9 Å². The van der Waals surface area contributed by atoms with E-state index in [2.05, 4.69) is 0 Å². The summed E-state index contributed by atoms with van der Waals surface area (Å²) >= 11 is 7.25. The first kappa shape index (κ1) is 19.4. The minimum Gasteiger partial charge on any atom is -0.479 e. The smallest absolute Gasteiger partial charge is 0.347 e. The van der Waals surface area contributed by atoms with E-state index in [0.29, 0.717) is 23.1 Å². The maximum absolute atomic E-state index is 12.8. The highest BCUT2D eigenvalue weighted by Crippen LogP contribution is 2.42. The second-order valence-corrected chi connectivity index (χ2v) is 7.27. The molecular formula is C19H19ClN2O4S. The molecule has 0 saturated carbocycles. The van der Waals surface area contributed by atoms with E-state index in [-0.39, 0.29) is 6.03 Å². The Morgan fingerprint density at radius 1 is 1.22 bits per heavy atom. The molecule has 2 aromatic carbocycles. The van der Waals surface area contributed by atoms with Crippen molar-refractivity contribution < 1.29 is 19.1 Å². The number of ether oxygens (including phenoxy) is 2. The number of halogens is 1. The van der Waals surface area contributed by atoms with Crippen LogP contribution in [0.15, 0.2) is 47.4 Å². The van der Waals surface area contributed by atoms with E-state index in [4.69, 9.17) is 21.1 Å². The quantitative estimate of drug-likeness (QED) is 0.529. The fraction of sp³-hybridized carbons (Fsp3) is 0.263. The first-order valence-corrected chi connectivity index (χ1v) is 9.54. The summed E-state index contributed by atoms with van der Waals surface area (Å²) in [5, 5.41) is 0.611. The molecule has 142 valence electrons. The van der Waals surface area contributed by atoms with Crippen LogP contribution in [0.25, 0.3) is 0 Å². The van der Waals surface area contributed by atoms with E-state index in [9.17, 15) is 9.59 Å². The molecule has 8 heteroatoms. The van der Waals surface area contributed by atoms with Crippen LogP contribution in [0.3, 0.4) is 0 Å². The lowest BCUT2D eigenvalue weighted by atomic mass is 10.2. The van der Waals surface area contributed by atoms with Crippen molar-refractivity contribution in [3.8, 4) is 5.75 Å². The van der Waals surface area contributed by atoms with Gasteiger partial charge < -0.3 is 9.47 Å². The number of carbonyl (C=O) groups excluding carboxylic acids is 2. The number of hydrogen-bond donors (Lipinski definition) is 0. The van der Waals surface area contributed by atoms with Crippen LogP contribution in [0.1, 0.15) is 13.8 Å². The van der Waals surface area contributed by atoms with Gasteiger partial charge in [-0.25, -0.2) is 13.9 Å². The Morgan fingerprint density at radius 3 is 2.59 bits per heavy atom. The van der Waals surface area contributed by atoms with Crippen molar-refractivity contribution >= 4 is 46.9 Å². The molecule has 0 aliphatic carbocycles. The summed E-state index contributed by atoms with van der Waals surface area (Å²) < 4.78 is 12.2. The second kappa shape index (κ2) is 8.10. The zero-order chi connectivity index (χ0) is 19.6. The SMILES string of the molecule is CCOC(=O)C(C)Oc1ccc2c(c1)N(C)C(=O)N(c1ccc(Cl)cc1)S2. The van der Waals surface area contributed by atoms with Crippen molar-refractivity contribution in [2.45, 2.75) is 24.8 Å². The van der Waals surface area contributed by atoms with Gasteiger partial charge in [0.05, 0.1) is 22.9 Å². The Morgan fingerprint density at radius 2 is 1.93 bits per heavy atom. The maximum Gasteiger partial charge on any atom is 0.347 e. The summed E-state index contributed by atoms with van der Waals surface area (Å²) in [5.41, 5.74) is 1.45. The van der Waals surface area contributed by atoms with Gasteiger partial charge in [-0.3, -0.25) is 4.90 Å². The van der Waals surface area contributed by atoms with Gasteiger partial charge >= 0.3 is 12.0 Å². The second-order valence-electron chi connectivity index (χ2n) is 5.85. The molecule has 0 spiro atoms. The van der Waals surface area contributed by atoms with Gasteiger partial charge in [-0.2, -0.15) is 0 Å². The number of nitrogens with zero attached hydrogens (tertiary/aromatic N) is 2. The predicted molar refractivity (Wildman–Crippen MR) is 107 cm³/mol. The minimum absolute atomic E-state index is 0.189. The fourth-order valence-corrected chi connectivity index (χ4v) is 3.71. The molecule has 1 atom stereocenters. The molecule has 0 N–H and O–H groups in total. The Balaban J connectivity index is 1.82. The highest BCUT2D eigenvalue weighted by atomic mass is 35.5. The van der Waals surface area contributed by atoms with Crippen molar-refractivity contribution in [2.24, 2.45) is 0 Å². The van der Waals surface area contributed by atoms with Crippen molar-refractivity contribution in [1.82, 2.24) is 0 Å². The first-order valence-electron chi connectivity index (χ1n) is 8.39. The lowest BCUT2D eigenvalue weighted by Gasteiger charge is -2.34. The van der Waals surface area contributed by atoms with E-state index in [1.807, 2.05) is 6.07 Å². The number of fused-ring (bicyclic) bond motifs is 1. The molecule has 1 aliphatic rings. The van der Waals surface area contributed by atoms with Gasteiger partial charge in [0, 0.05) is 18.1 Å². The number of benzene rings is 2. The maximum atomic E-state index is 12.8. The lowest BCUT2D eigenvalue weighted by Crippen LogP contribution is -2.40. The predicted octanol–water partition coefficient (Wildman–Crippen LogP) is 4.75. The van der Waals surface area contributed by atoms with E-state index in [0.717, 1.165) is 10.6 Å². The summed E-state index contributed by atoms with van der Waals surface area (Å²) in [6.07, 6.45) is -0.731. The van der Waals surface area contributed by atoms with Crippen molar-refractivity contribution in [2.75, 3.05) is 22.9 Å². The van der Waals surface area contributed by atoms with E-state index in [1.165, 1.54) is 11.9 Å². The summed E-state index contributed by atoms with van der Waals surface area (Å²) in [4.78, 5) is 27.0. The number of esters is 1. The number of urea groups is 1. The van der Waals surface area contributed by atoms with Gasteiger partial charge in [0.25, 0.3) is 0 Å². The number of anilines is 2. The molecule has 2 aromatic rings. The third kappa shape index (κ3) is 4.14. The Kier molecular flexibility index (Phi) is 5.82. The molecule has 0 bridgehead atoms. The summed E-state index contributed by atoms with van der Waals surface area (Å²) in [6.45, 7) is 3.67. The first-order chi connectivity index (χ1) is 12.9. The average molecular weight is 407 g/mol. The third-order valence-electron chi connectivity index (χ3n) is 3.93. The van der Waals surface area contributed by atoms with Crippen LogP contribution in [0, 0.1) is 0 Å². The average Bonchev–Trinajstić information content (AvgIpc) is 2.66. The summed E-state index contributed by atoms with van der Waals surface area (Å²) in [6, 6.07) is 12.3. The lowest BCUT2D eigenvalue weighted by molar-refractivity contribution is -0.150. The van der Waals surface area contributed by atoms with Crippen LogP contribution >= 0.6 is 23.5 Å². The monoisotopic (exact) mass is 406 g/mol. The molecule has 0 saturated heterocycles. The van der Waals surface area contributed by atoms with Gasteiger partial charge in [-0.05, 0) is 62.2 Å². The van der Waals surface area contributed by atoms with Crippen LogP contribution in [-0.2, 0) is 9.53 Å². The molecule has 1 unspecified atom stereocenters. The molecular weight excluding hydrogens is 388 g/mol. The van der Waals surface area contributed by atoms with Crippen LogP contribution in [0.5, 0.6) is 5.75 Å². The molecule has 2 amide bonds. The molecule has 3 rings (SSSR count). The molecule has 1 aliphatic heterocycles. The molecule has 27 heavy (non-hydrogen) atoms. The summed E-state index contributed by atoms with van der Waals surface area (Å²) in [5.74, 6) is 0.0671. The van der Waals surface area contributed by atoms with Gasteiger partial charge in [-0.1, -0.05) is 11.6 Å². The van der Waals surface area contributed by atoms with Crippen LogP contribution in [-0.4, -0.2) is 31.8 Å². The number of carbonyl (C=O) groups is 2.